The molecule has 0 saturated heterocycles. The third-order valence-corrected chi connectivity index (χ3v) is 5.13. The Balaban J connectivity index is 1.77. The standard InChI is InChI=1S/C19H20N4O3S/c1-4-19(2,3)23-14(24)11-26-18(25)16-15(20-9-10-21-16)17-22-12-7-5-6-8-13(12)27-17/h5-10H,4,11H2,1-3H3,(H,23,24). The maximum Gasteiger partial charge on any atom is 0.359 e. The number of carbonyl (C=O) groups is 2. The van der Waals surface area contributed by atoms with Crippen LogP contribution in [0.25, 0.3) is 20.9 Å². The third kappa shape index (κ3) is 4.46. The van der Waals surface area contributed by atoms with Crippen molar-refractivity contribution in [3.8, 4) is 10.7 Å². The van der Waals surface area contributed by atoms with Crippen molar-refractivity contribution in [2.45, 2.75) is 32.7 Å². The molecule has 0 atom stereocenters. The van der Waals surface area contributed by atoms with E-state index in [1.807, 2.05) is 45.0 Å². The van der Waals surface area contributed by atoms with Crippen LogP contribution < -0.4 is 5.32 Å². The van der Waals surface area contributed by atoms with E-state index in [1.54, 1.807) is 0 Å². The molecule has 1 aromatic carbocycles. The Morgan fingerprint density at radius 3 is 2.67 bits per heavy atom. The molecule has 27 heavy (non-hydrogen) atoms. The first-order valence-electron chi connectivity index (χ1n) is 8.55. The van der Waals surface area contributed by atoms with Crippen LogP contribution in [-0.2, 0) is 9.53 Å². The first kappa shape index (κ1) is 18.9. The number of nitrogens with one attached hydrogen (secondary N) is 1. The van der Waals surface area contributed by atoms with Gasteiger partial charge in [-0.25, -0.2) is 19.7 Å². The number of fused-ring (bicyclic) bond motifs is 1. The number of aromatic nitrogens is 3. The maximum atomic E-state index is 12.5. The number of para-hydroxylation sites is 1. The van der Waals surface area contributed by atoms with E-state index in [-0.39, 0.29) is 23.7 Å². The molecule has 7 nitrogen and oxygen atoms in total. The molecular weight excluding hydrogens is 364 g/mol. The van der Waals surface area contributed by atoms with E-state index in [9.17, 15) is 9.59 Å². The van der Waals surface area contributed by atoms with Crippen LogP contribution in [0.3, 0.4) is 0 Å². The lowest BCUT2D eigenvalue weighted by Gasteiger charge is -2.24. The molecule has 0 spiro atoms. The summed E-state index contributed by atoms with van der Waals surface area (Å²) >= 11 is 1.42. The van der Waals surface area contributed by atoms with Gasteiger partial charge in [0.1, 0.15) is 10.7 Å². The summed E-state index contributed by atoms with van der Waals surface area (Å²) in [4.78, 5) is 37.3. The van der Waals surface area contributed by atoms with Crippen molar-refractivity contribution in [2.75, 3.05) is 6.61 Å². The number of esters is 1. The van der Waals surface area contributed by atoms with E-state index in [1.165, 1.54) is 23.7 Å². The zero-order valence-corrected chi connectivity index (χ0v) is 16.2. The van der Waals surface area contributed by atoms with Gasteiger partial charge in [-0.15, -0.1) is 11.3 Å². The molecule has 2 heterocycles. The van der Waals surface area contributed by atoms with Crippen molar-refractivity contribution >= 4 is 33.4 Å². The maximum absolute atomic E-state index is 12.5. The lowest BCUT2D eigenvalue weighted by Crippen LogP contribution is -2.44. The van der Waals surface area contributed by atoms with Gasteiger partial charge < -0.3 is 10.1 Å². The van der Waals surface area contributed by atoms with Crippen molar-refractivity contribution in [1.29, 1.82) is 0 Å². The summed E-state index contributed by atoms with van der Waals surface area (Å²) in [5.41, 5.74) is 0.850. The Bertz CT molecular complexity index is 951. The normalized spacial score (nSPS) is 11.4. The molecule has 0 aliphatic carbocycles. The van der Waals surface area contributed by atoms with Crippen LogP contribution >= 0.6 is 11.3 Å². The van der Waals surface area contributed by atoms with Gasteiger partial charge in [0.15, 0.2) is 12.3 Å². The van der Waals surface area contributed by atoms with E-state index in [0.29, 0.717) is 10.7 Å². The Hall–Kier alpha value is -2.87. The van der Waals surface area contributed by atoms with E-state index >= 15 is 0 Å². The van der Waals surface area contributed by atoms with Crippen LogP contribution in [0.5, 0.6) is 0 Å². The largest absolute Gasteiger partial charge is 0.451 e. The Labute approximate surface area is 160 Å². The van der Waals surface area contributed by atoms with Crippen LogP contribution in [-0.4, -0.2) is 39.0 Å². The molecule has 2 aromatic heterocycles. The molecule has 1 amide bonds. The minimum Gasteiger partial charge on any atom is -0.451 e. The third-order valence-electron chi connectivity index (χ3n) is 4.08. The van der Waals surface area contributed by atoms with Gasteiger partial charge >= 0.3 is 5.97 Å². The number of ether oxygens (including phenoxy) is 1. The SMILES string of the molecule is CCC(C)(C)NC(=O)COC(=O)c1nccnc1-c1nc2ccccc2s1. The molecule has 0 aliphatic rings. The minimum atomic E-state index is -0.707. The van der Waals surface area contributed by atoms with Crippen LogP contribution in [0.2, 0.25) is 0 Å². The van der Waals surface area contributed by atoms with Gasteiger partial charge in [-0.3, -0.25) is 4.79 Å². The number of carbonyl (C=O) groups excluding carboxylic acids is 2. The molecule has 0 fully saturated rings. The molecule has 8 heteroatoms. The van der Waals surface area contributed by atoms with Gasteiger partial charge in [0, 0.05) is 17.9 Å². The quantitative estimate of drug-likeness (QED) is 0.656. The smallest absolute Gasteiger partial charge is 0.359 e. The summed E-state index contributed by atoms with van der Waals surface area (Å²) in [6, 6.07) is 7.66. The molecule has 0 bridgehead atoms. The van der Waals surface area contributed by atoms with Gasteiger partial charge in [0.2, 0.25) is 0 Å². The predicted octanol–water partition coefficient (Wildman–Crippen LogP) is 3.21. The Morgan fingerprint density at radius 1 is 1.19 bits per heavy atom. The molecular formula is C19H20N4O3S. The van der Waals surface area contributed by atoms with Gasteiger partial charge in [0.25, 0.3) is 5.91 Å². The van der Waals surface area contributed by atoms with Gasteiger partial charge in [-0.1, -0.05) is 19.1 Å². The zero-order chi connectivity index (χ0) is 19.4. The monoisotopic (exact) mass is 384 g/mol. The lowest BCUT2D eigenvalue weighted by molar-refractivity contribution is -0.125. The van der Waals surface area contributed by atoms with Gasteiger partial charge in [0.05, 0.1) is 10.2 Å². The Kier molecular flexibility index (Phi) is 5.46. The van der Waals surface area contributed by atoms with Crippen molar-refractivity contribution in [1.82, 2.24) is 20.3 Å². The number of rotatable bonds is 6. The molecule has 0 saturated carbocycles. The van der Waals surface area contributed by atoms with E-state index < -0.39 is 5.97 Å². The van der Waals surface area contributed by atoms with Crippen molar-refractivity contribution in [3.63, 3.8) is 0 Å². The highest BCUT2D eigenvalue weighted by atomic mass is 32.1. The van der Waals surface area contributed by atoms with Crippen LogP contribution in [0.15, 0.2) is 36.7 Å². The molecule has 0 aliphatic heterocycles. The molecule has 0 unspecified atom stereocenters. The first-order chi connectivity index (χ1) is 12.9. The van der Waals surface area contributed by atoms with E-state index in [2.05, 4.69) is 20.3 Å². The highest BCUT2D eigenvalue weighted by Gasteiger charge is 2.22. The lowest BCUT2D eigenvalue weighted by atomic mass is 10.0. The molecule has 1 N–H and O–H groups in total. The first-order valence-corrected chi connectivity index (χ1v) is 9.36. The topological polar surface area (TPSA) is 94.1 Å². The summed E-state index contributed by atoms with van der Waals surface area (Å²) in [6.07, 6.45) is 3.67. The summed E-state index contributed by atoms with van der Waals surface area (Å²) in [6.45, 7) is 5.40. The average molecular weight is 384 g/mol. The summed E-state index contributed by atoms with van der Waals surface area (Å²) in [5.74, 6) is -1.07. The zero-order valence-electron chi connectivity index (χ0n) is 15.4. The second-order valence-corrected chi connectivity index (χ2v) is 7.63. The van der Waals surface area contributed by atoms with Gasteiger partial charge in [-0.2, -0.15) is 0 Å². The van der Waals surface area contributed by atoms with Gasteiger partial charge in [-0.05, 0) is 32.4 Å². The molecule has 0 radical (unpaired) electrons. The van der Waals surface area contributed by atoms with Crippen LogP contribution in [0.4, 0.5) is 0 Å². The second-order valence-electron chi connectivity index (χ2n) is 6.60. The van der Waals surface area contributed by atoms with Crippen LogP contribution in [0, 0.1) is 0 Å². The number of nitrogens with zero attached hydrogens (tertiary/aromatic N) is 3. The average Bonchev–Trinajstić information content (AvgIpc) is 3.10. The van der Waals surface area contributed by atoms with Crippen LogP contribution in [0.1, 0.15) is 37.7 Å². The molecule has 140 valence electrons. The highest BCUT2D eigenvalue weighted by molar-refractivity contribution is 7.21. The number of hydrogen-bond acceptors (Lipinski definition) is 7. The number of amides is 1. The highest BCUT2D eigenvalue weighted by Crippen LogP contribution is 2.30. The van der Waals surface area contributed by atoms with Crippen molar-refractivity contribution in [2.24, 2.45) is 0 Å². The fourth-order valence-electron chi connectivity index (χ4n) is 2.32. The van der Waals surface area contributed by atoms with E-state index in [0.717, 1.165) is 16.6 Å². The minimum absolute atomic E-state index is 0.0408. The van der Waals surface area contributed by atoms with E-state index in [4.69, 9.17) is 4.74 Å². The summed E-state index contributed by atoms with van der Waals surface area (Å²) in [5, 5.41) is 3.39. The number of hydrogen-bond donors (Lipinski definition) is 1. The second kappa shape index (κ2) is 7.79. The van der Waals surface area contributed by atoms with Crippen molar-refractivity contribution in [3.05, 3.63) is 42.4 Å². The Morgan fingerprint density at radius 2 is 1.93 bits per heavy atom. The number of benzene rings is 1. The fourth-order valence-corrected chi connectivity index (χ4v) is 3.28. The number of thiazole rings is 1. The molecule has 3 rings (SSSR count). The van der Waals surface area contributed by atoms with Crippen molar-refractivity contribution < 1.29 is 14.3 Å². The predicted molar refractivity (Wildman–Crippen MR) is 103 cm³/mol. The summed E-state index contributed by atoms with van der Waals surface area (Å²) in [7, 11) is 0. The fraction of sp³-hybridized carbons (Fsp3) is 0.316. The molecule has 3 aromatic rings. The summed E-state index contributed by atoms with van der Waals surface area (Å²) < 4.78 is 6.12.